The largest absolute Gasteiger partial charge is 0.348 e. The number of amides is 1. The highest BCUT2D eigenvalue weighted by Gasteiger charge is 2.23. The third-order valence-corrected chi connectivity index (χ3v) is 3.78. The molecule has 0 aliphatic heterocycles. The van der Waals surface area contributed by atoms with E-state index in [1.807, 2.05) is 19.1 Å². The van der Waals surface area contributed by atoms with E-state index in [0.29, 0.717) is 16.4 Å². The molecular weight excluding hydrogens is 320 g/mol. The Morgan fingerprint density at radius 3 is 2.74 bits per heavy atom. The van der Waals surface area contributed by atoms with Crippen LogP contribution in [0.5, 0.6) is 0 Å². The zero-order valence-electron chi connectivity index (χ0n) is 13.0. The fourth-order valence-electron chi connectivity index (χ4n) is 2.39. The standard InChI is InChI=1S/C15H17ClN4O3/c1-9(12-5-4-6-13(16)7-12)17-14(21)8-19-11(3)15(20(22)23)10(2)18-19/h4-7,9H,8H2,1-3H3,(H,17,21). The van der Waals surface area contributed by atoms with Gasteiger partial charge in [-0.3, -0.25) is 19.6 Å². The quantitative estimate of drug-likeness (QED) is 0.671. The summed E-state index contributed by atoms with van der Waals surface area (Å²) in [6.07, 6.45) is 0. The number of nitro groups is 1. The van der Waals surface area contributed by atoms with Gasteiger partial charge in [-0.25, -0.2) is 0 Å². The van der Waals surface area contributed by atoms with E-state index in [-0.39, 0.29) is 24.2 Å². The molecule has 1 aromatic carbocycles. The first-order chi connectivity index (χ1) is 10.8. The van der Waals surface area contributed by atoms with E-state index in [1.54, 1.807) is 26.0 Å². The van der Waals surface area contributed by atoms with E-state index < -0.39 is 4.92 Å². The molecule has 1 aromatic heterocycles. The molecule has 7 nitrogen and oxygen atoms in total. The van der Waals surface area contributed by atoms with Crippen LogP contribution in [0.2, 0.25) is 5.02 Å². The van der Waals surface area contributed by atoms with Crippen molar-refractivity contribution in [2.75, 3.05) is 0 Å². The zero-order chi connectivity index (χ0) is 17.1. The van der Waals surface area contributed by atoms with E-state index in [9.17, 15) is 14.9 Å². The second-order valence-electron chi connectivity index (χ2n) is 5.28. The fraction of sp³-hybridized carbons (Fsp3) is 0.333. The number of carbonyl (C=O) groups is 1. The van der Waals surface area contributed by atoms with E-state index in [2.05, 4.69) is 10.4 Å². The average Bonchev–Trinajstić information content (AvgIpc) is 2.73. The van der Waals surface area contributed by atoms with Crippen LogP contribution in [0, 0.1) is 24.0 Å². The predicted molar refractivity (Wildman–Crippen MR) is 86.4 cm³/mol. The lowest BCUT2D eigenvalue weighted by molar-refractivity contribution is -0.386. The topological polar surface area (TPSA) is 90.1 Å². The van der Waals surface area contributed by atoms with Crippen LogP contribution in [0.4, 0.5) is 5.69 Å². The number of nitrogens with one attached hydrogen (secondary N) is 1. The highest BCUT2D eigenvalue weighted by atomic mass is 35.5. The molecule has 0 bridgehead atoms. The van der Waals surface area contributed by atoms with Gasteiger partial charge in [0, 0.05) is 5.02 Å². The molecule has 0 spiro atoms. The van der Waals surface area contributed by atoms with E-state index in [0.717, 1.165) is 5.56 Å². The summed E-state index contributed by atoms with van der Waals surface area (Å²) < 4.78 is 1.34. The van der Waals surface area contributed by atoms with Gasteiger partial charge in [0.1, 0.15) is 17.9 Å². The molecule has 0 aliphatic rings. The highest BCUT2D eigenvalue weighted by molar-refractivity contribution is 6.30. The number of aryl methyl sites for hydroxylation is 1. The van der Waals surface area contributed by atoms with E-state index >= 15 is 0 Å². The molecule has 1 heterocycles. The van der Waals surface area contributed by atoms with Crippen LogP contribution >= 0.6 is 11.6 Å². The molecule has 122 valence electrons. The number of rotatable bonds is 5. The maximum Gasteiger partial charge on any atom is 0.312 e. The zero-order valence-corrected chi connectivity index (χ0v) is 13.8. The second kappa shape index (κ2) is 6.78. The normalized spacial score (nSPS) is 12.0. The van der Waals surface area contributed by atoms with Gasteiger partial charge in [-0.1, -0.05) is 23.7 Å². The summed E-state index contributed by atoms with van der Waals surface area (Å²) in [5, 5.41) is 18.5. The van der Waals surface area contributed by atoms with Gasteiger partial charge in [-0.15, -0.1) is 0 Å². The minimum atomic E-state index is -0.485. The Kier molecular flexibility index (Phi) is 5.00. The maximum absolute atomic E-state index is 12.1. The minimum absolute atomic E-state index is 0.0549. The molecule has 2 aromatic rings. The molecule has 23 heavy (non-hydrogen) atoms. The summed E-state index contributed by atoms with van der Waals surface area (Å²) in [7, 11) is 0. The van der Waals surface area contributed by atoms with Crippen molar-refractivity contribution in [1.82, 2.24) is 15.1 Å². The van der Waals surface area contributed by atoms with Crippen molar-refractivity contribution in [2.24, 2.45) is 0 Å². The molecule has 1 atom stereocenters. The first-order valence-corrected chi connectivity index (χ1v) is 7.40. The SMILES string of the molecule is Cc1nn(CC(=O)NC(C)c2cccc(Cl)c2)c(C)c1[N+](=O)[O-]. The van der Waals surface area contributed by atoms with Crippen LogP contribution in [0.25, 0.3) is 0 Å². The Labute approximate surface area is 138 Å². The van der Waals surface area contributed by atoms with Gasteiger partial charge in [0.15, 0.2) is 0 Å². The summed E-state index contributed by atoms with van der Waals surface area (Å²) >= 11 is 5.94. The van der Waals surface area contributed by atoms with Gasteiger partial charge in [-0.2, -0.15) is 5.10 Å². The van der Waals surface area contributed by atoms with E-state index in [1.165, 1.54) is 4.68 Å². The van der Waals surface area contributed by atoms with Gasteiger partial charge in [-0.05, 0) is 38.5 Å². The lowest BCUT2D eigenvalue weighted by atomic mass is 10.1. The van der Waals surface area contributed by atoms with Crippen molar-refractivity contribution in [3.05, 3.63) is 56.4 Å². The van der Waals surface area contributed by atoms with Crippen LogP contribution in [0.3, 0.4) is 0 Å². The number of hydrogen-bond acceptors (Lipinski definition) is 4. The van der Waals surface area contributed by atoms with Crippen molar-refractivity contribution in [1.29, 1.82) is 0 Å². The number of aromatic nitrogens is 2. The molecule has 2 rings (SSSR count). The molecule has 0 saturated heterocycles. The van der Waals surface area contributed by atoms with Crippen molar-refractivity contribution >= 4 is 23.2 Å². The molecule has 1 N–H and O–H groups in total. The molecular formula is C15H17ClN4O3. The Morgan fingerprint density at radius 2 is 2.17 bits per heavy atom. The molecule has 1 unspecified atom stereocenters. The van der Waals surface area contributed by atoms with Crippen molar-refractivity contribution in [3.8, 4) is 0 Å². The first kappa shape index (κ1) is 17.0. The molecule has 0 saturated carbocycles. The Hall–Kier alpha value is -2.41. The van der Waals surface area contributed by atoms with Crippen LogP contribution < -0.4 is 5.32 Å². The predicted octanol–water partition coefficient (Wildman–Crippen LogP) is 2.94. The number of carbonyl (C=O) groups excluding carboxylic acids is 1. The van der Waals surface area contributed by atoms with Crippen molar-refractivity contribution in [2.45, 2.75) is 33.4 Å². The summed E-state index contributed by atoms with van der Waals surface area (Å²) in [4.78, 5) is 22.6. The highest BCUT2D eigenvalue weighted by Crippen LogP contribution is 2.22. The number of benzene rings is 1. The van der Waals surface area contributed by atoms with Gasteiger partial charge in [0.25, 0.3) is 0 Å². The number of nitrogens with zero attached hydrogens (tertiary/aromatic N) is 3. The maximum atomic E-state index is 12.1. The van der Waals surface area contributed by atoms with E-state index in [4.69, 9.17) is 11.6 Å². The van der Waals surface area contributed by atoms with Gasteiger partial charge in [0.05, 0.1) is 11.0 Å². The third-order valence-electron chi connectivity index (χ3n) is 3.55. The van der Waals surface area contributed by atoms with Gasteiger partial charge in [0.2, 0.25) is 5.91 Å². The summed E-state index contributed by atoms with van der Waals surface area (Å²) in [5.74, 6) is -0.280. The summed E-state index contributed by atoms with van der Waals surface area (Å²) in [6.45, 7) is 4.89. The Morgan fingerprint density at radius 1 is 1.48 bits per heavy atom. The van der Waals surface area contributed by atoms with Gasteiger partial charge >= 0.3 is 5.69 Å². The minimum Gasteiger partial charge on any atom is -0.348 e. The third kappa shape index (κ3) is 3.87. The fourth-order valence-corrected chi connectivity index (χ4v) is 2.59. The number of halogens is 1. The summed E-state index contributed by atoms with van der Waals surface area (Å²) in [5.41, 5.74) is 1.48. The van der Waals surface area contributed by atoms with Crippen LogP contribution in [-0.2, 0) is 11.3 Å². The monoisotopic (exact) mass is 336 g/mol. The lowest BCUT2D eigenvalue weighted by Gasteiger charge is -2.15. The van der Waals surface area contributed by atoms with Crippen LogP contribution in [-0.4, -0.2) is 20.6 Å². The smallest absolute Gasteiger partial charge is 0.312 e. The Balaban J connectivity index is 2.08. The molecule has 0 aliphatic carbocycles. The van der Waals surface area contributed by atoms with Crippen molar-refractivity contribution < 1.29 is 9.72 Å². The van der Waals surface area contributed by atoms with Crippen molar-refractivity contribution in [3.63, 3.8) is 0 Å². The number of hydrogen-bond donors (Lipinski definition) is 1. The molecule has 1 amide bonds. The summed E-state index contributed by atoms with van der Waals surface area (Å²) in [6, 6.07) is 6.98. The molecule has 0 fully saturated rings. The molecule has 0 radical (unpaired) electrons. The van der Waals surface area contributed by atoms with Crippen LogP contribution in [0.15, 0.2) is 24.3 Å². The second-order valence-corrected chi connectivity index (χ2v) is 5.71. The van der Waals surface area contributed by atoms with Crippen LogP contribution in [0.1, 0.15) is 29.9 Å². The lowest BCUT2D eigenvalue weighted by Crippen LogP contribution is -2.30. The first-order valence-electron chi connectivity index (χ1n) is 7.02. The molecule has 8 heteroatoms. The van der Waals surface area contributed by atoms with Gasteiger partial charge < -0.3 is 5.32 Å². The Bertz CT molecular complexity index is 757. The average molecular weight is 337 g/mol.